The number of nitrogens with zero attached hydrogens (tertiary/aromatic N) is 3. The van der Waals surface area contributed by atoms with E-state index in [-0.39, 0.29) is 17.8 Å². The Morgan fingerprint density at radius 1 is 1.23 bits per heavy atom. The van der Waals surface area contributed by atoms with Gasteiger partial charge in [0, 0.05) is 25.0 Å². The Bertz CT molecular complexity index is 956. The Balaban J connectivity index is 1.60. The first kappa shape index (κ1) is 23.2. The van der Waals surface area contributed by atoms with E-state index in [1.807, 2.05) is 11.6 Å². The van der Waals surface area contributed by atoms with E-state index in [1.165, 1.54) is 11.3 Å². The molecule has 0 N–H and O–H groups in total. The largest absolute Gasteiger partial charge is 0.466 e. The van der Waals surface area contributed by atoms with Gasteiger partial charge < -0.3 is 14.4 Å². The molecule has 1 aliphatic heterocycles. The zero-order valence-corrected chi connectivity index (χ0v) is 19.7. The smallest absolute Gasteiger partial charge is 0.349 e. The van der Waals surface area contributed by atoms with Gasteiger partial charge in [-0.25, -0.2) is 4.79 Å². The van der Waals surface area contributed by atoms with E-state index in [0.717, 1.165) is 22.5 Å². The lowest BCUT2D eigenvalue weighted by Gasteiger charge is -2.32. The van der Waals surface area contributed by atoms with Crippen LogP contribution in [0.1, 0.15) is 55.9 Å². The van der Waals surface area contributed by atoms with Crippen LogP contribution in [0.2, 0.25) is 0 Å². The van der Waals surface area contributed by atoms with Gasteiger partial charge in [0.05, 0.1) is 18.2 Å². The first-order valence-corrected chi connectivity index (χ1v) is 11.7. The molecule has 0 aromatic carbocycles. The molecule has 2 aromatic heterocycles. The minimum absolute atomic E-state index is 0.172. The molecule has 0 spiro atoms. The molecule has 0 radical (unpaired) electrons. The van der Waals surface area contributed by atoms with E-state index in [1.54, 1.807) is 24.8 Å². The van der Waals surface area contributed by atoms with Crippen LogP contribution in [0.15, 0.2) is 6.07 Å². The van der Waals surface area contributed by atoms with E-state index in [9.17, 15) is 14.4 Å². The lowest BCUT2D eigenvalue weighted by Crippen LogP contribution is -2.45. The van der Waals surface area contributed by atoms with Crippen LogP contribution in [-0.2, 0) is 25.6 Å². The van der Waals surface area contributed by atoms with Crippen LogP contribution >= 0.6 is 11.3 Å². The zero-order valence-electron chi connectivity index (χ0n) is 18.8. The van der Waals surface area contributed by atoms with Gasteiger partial charge in [-0.05, 0) is 45.6 Å². The SMILES string of the molecule is CCOC(=O)C1CCN(C(=O)[C@H](C)OC(=O)c2cc3c(C)nn(CC(C)C)c3s2)CC1. The first-order chi connectivity index (χ1) is 14.7. The number of aryl methyl sites for hydroxylation is 1. The summed E-state index contributed by atoms with van der Waals surface area (Å²) in [5.41, 5.74) is 0.875. The third-order valence-electron chi connectivity index (χ3n) is 5.40. The number of amides is 1. The Kier molecular flexibility index (Phi) is 7.35. The molecule has 1 amide bonds. The minimum atomic E-state index is -0.884. The molecule has 1 saturated heterocycles. The Morgan fingerprint density at radius 2 is 1.90 bits per heavy atom. The fourth-order valence-electron chi connectivity index (χ4n) is 3.80. The molecule has 0 aliphatic carbocycles. The number of piperidine rings is 1. The molecule has 0 bridgehead atoms. The molecule has 3 heterocycles. The molecule has 0 unspecified atom stereocenters. The molecule has 2 aromatic rings. The summed E-state index contributed by atoms with van der Waals surface area (Å²) < 4.78 is 12.5. The van der Waals surface area contributed by atoms with Gasteiger partial charge in [0.25, 0.3) is 5.91 Å². The summed E-state index contributed by atoms with van der Waals surface area (Å²) in [6.45, 7) is 11.6. The van der Waals surface area contributed by atoms with Gasteiger partial charge >= 0.3 is 11.9 Å². The zero-order chi connectivity index (χ0) is 22.7. The highest BCUT2D eigenvalue weighted by Crippen LogP contribution is 2.30. The number of rotatable bonds is 7. The number of aromatic nitrogens is 2. The number of likely N-dealkylation sites (tertiary alicyclic amines) is 1. The predicted octanol–water partition coefficient (Wildman–Crippen LogP) is 3.41. The third kappa shape index (κ3) is 5.26. The van der Waals surface area contributed by atoms with E-state index in [4.69, 9.17) is 9.47 Å². The summed E-state index contributed by atoms with van der Waals surface area (Å²) in [6.07, 6.45) is 0.241. The molecule has 1 fully saturated rings. The molecule has 31 heavy (non-hydrogen) atoms. The van der Waals surface area contributed by atoms with Crippen LogP contribution in [0.3, 0.4) is 0 Å². The normalized spacial score (nSPS) is 16.0. The van der Waals surface area contributed by atoms with Crippen LogP contribution in [-0.4, -0.2) is 58.3 Å². The lowest BCUT2D eigenvalue weighted by molar-refractivity contribution is -0.152. The number of esters is 2. The lowest BCUT2D eigenvalue weighted by atomic mass is 9.97. The summed E-state index contributed by atoms with van der Waals surface area (Å²) in [6, 6.07) is 1.80. The monoisotopic (exact) mass is 449 g/mol. The van der Waals surface area contributed by atoms with Gasteiger partial charge in [0.2, 0.25) is 0 Å². The number of ether oxygens (including phenoxy) is 2. The van der Waals surface area contributed by atoms with Gasteiger partial charge in [0.1, 0.15) is 9.71 Å². The summed E-state index contributed by atoms with van der Waals surface area (Å²) in [7, 11) is 0. The van der Waals surface area contributed by atoms with Crippen molar-refractivity contribution in [3.8, 4) is 0 Å². The number of carbonyl (C=O) groups excluding carboxylic acids is 3. The predicted molar refractivity (Wildman–Crippen MR) is 118 cm³/mol. The van der Waals surface area contributed by atoms with Crippen molar-refractivity contribution >= 4 is 39.4 Å². The molecule has 8 nitrogen and oxygen atoms in total. The van der Waals surface area contributed by atoms with E-state index in [0.29, 0.717) is 43.3 Å². The maximum absolute atomic E-state index is 12.7. The second-order valence-electron chi connectivity index (χ2n) is 8.39. The van der Waals surface area contributed by atoms with Crippen molar-refractivity contribution in [1.29, 1.82) is 0 Å². The molecular weight excluding hydrogens is 418 g/mol. The minimum Gasteiger partial charge on any atom is -0.466 e. The van der Waals surface area contributed by atoms with Crippen molar-refractivity contribution in [2.75, 3.05) is 19.7 Å². The molecule has 9 heteroatoms. The second kappa shape index (κ2) is 9.80. The second-order valence-corrected chi connectivity index (χ2v) is 9.42. The van der Waals surface area contributed by atoms with Crippen molar-refractivity contribution in [2.45, 2.75) is 60.1 Å². The van der Waals surface area contributed by atoms with Gasteiger partial charge in [-0.3, -0.25) is 14.3 Å². The Hall–Kier alpha value is -2.42. The van der Waals surface area contributed by atoms with E-state index < -0.39 is 12.1 Å². The fraction of sp³-hybridized carbons (Fsp3) is 0.636. The van der Waals surface area contributed by atoms with Crippen molar-refractivity contribution in [3.05, 3.63) is 16.6 Å². The maximum atomic E-state index is 12.7. The van der Waals surface area contributed by atoms with Crippen LogP contribution in [0, 0.1) is 18.8 Å². The topological polar surface area (TPSA) is 90.7 Å². The highest BCUT2D eigenvalue weighted by Gasteiger charge is 2.31. The van der Waals surface area contributed by atoms with Gasteiger partial charge in [-0.2, -0.15) is 5.10 Å². The maximum Gasteiger partial charge on any atom is 0.349 e. The molecule has 1 atom stereocenters. The average molecular weight is 450 g/mol. The number of hydrogen-bond donors (Lipinski definition) is 0. The van der Waals surface area contributed by atoms with Crippen LogP contribution in [0.5, 0.6) is 0 Å². The van der Waals surface area contributed by atoms with E-state index in [2.05, 4.69) is 18.9 Å². The first-order valence-electron chi connectivity index (χ1n) is 10.8. The van der Waals surface area contributed by atoms with Crippen molar-refractivity contribution in [2.24, 2.45) is 11.8 Å². The van der Waals surface area contributed by atoms with Gasteiger partial charge in [-0.1, -0.05) is 13.8 Å². The van der Waals surface area contributed by atoms with Crippen LogP contribution < -0.4 is 0 Å². The number of fused-ring (bicyclic) bond motifs is 1. The van der Waals surface area contributed by atoms with Gasteiger partial charge in [-0.15, -0.1) is 11.3 Å². The van der Waals surface area contributed by atoms with Crippen LogP contribution in [0.25, 0.3) is 10.2 Å². The van der Waals surface area contributed by atoms with Crippen molar-refractivity contribution < 1.29 is 23.9 Å². The van der Waals surface area contributed by atoms with Crippen LogP contribution in [0.4, 0.5) is 0 Å². The molecule has 0 saturated carbocycles. The average Bonchev–Trinajstić information content (AvgIpc) is 3.29. The Labute approximate surface area is 186 Å². The van der Waals surface area contributed by atoms with Gasteiger partial charge in [0.15, 0.2) is 6.10 Å². The number of hydrogen-bond acceptors (Lipinski definition) is 7. The molecule has 170 valence electrons. The molecule has 1 aliphatic rings. The standard InChI is InChI=1S/C22H31N3O5S/c1-6-29-21(27)16-7-9-24(10-8-16)19(26)15(5)30-22(28)18-11-17-14(4)23-25(12-13(2)3)20(17)31-18/h11,13,15-16H,6-10,12H2,1-5H3/t15-/m0/s1. The molecule has 3 rings (SSSR count). The third-order valence-corrected chi connectivity index (χ3v) is 6.53. The Morgan fingerprint density at radius 3 is 2.52 bits per heavy atom. The quantitative estimate of drug-likeness (QED) is 0.602. The summed E-state index contributed by atoms with van der Waals surface area (Å²) >= 11 is 1.34. The fourth-order valence-corrected chi connectivity index (χ4v) is 4.86. The number of thiophene rings is 1. The highest BCUT2D eigenvalue weighted by molar-refractivity contribution is 7.20. The summed E-state index contributed by atoms with van der Waals surface area (Å²) in [5.74, 6) is -0.678. The molecular formula is C22H31N3O5S. The van der Waals surface area contributed by atoms with Crippen molar-refractivity contribution in [1.82, 2.24) is 14.7 Å². The van der Waals surface area contributed by atoms with Crippen molar-refractivity contribution in [3.63, 3.8) is 0 Å². The summed E-state index contributed by atoms with van der Waals surface area (Å²) in [5, 5.41) is 5.49. The number of carbonyl (C=O) groups is 3. The van der Waals surface area contributed by atoms with E-state index >= 15 is 0 Å². The summed E-state index contributed by atoms with van der Waals surface area (Å²) in [4.78, 5) is 40.4. The highest BCUT2D eigenvalue weighted by atomic mass is 32.1.